The van der Waals surface area contributed by atoms with Gasteiger partial charge in [-0.3, -0.25) is 0 Å². The second-order valence-electron chi connectivity index (χ2n) is 5.37. The Morgan fingerprint density at radius 2 is 1.75 bits per heavy atom. The van der Waals surface area contributed by atoms with Crippen LogP contribution < -0.4 is 5.32 Å². The molecule has 0 bridgehead atoms. The van der Waals surface area contributed by atoms with E-state index in [-0.39, 0.29) is 0 Å². The van der Waals surface area contributed by atoms with E-state index in [1.807, 2.05) is 6.92 Å². The molecule has 3 nitrogen and oxygen atoms in total. The Morgan fingerprint density at radius 3 is 2.45 bits per heavy atom. The second kappa shape index (κ2) is 10.8. The smallest absolute Gasteiger partial charge is 0.0720 e. The molecule has 1 aromatic rings. The molecule has 0 aliphatic heterocycles. The van der Waals surface area contributed by atoms with Crippen molar-refractivity contribution < 1.29 is 9.47 Å². The summed E-state index contributed by atoms with van der Waals surface area (Å²) in [5, 5.41) is 3.48. The molecule has 1 aromatic carbocycles. The molecule has 0 spiro atoms. The summed E-state index contributed by atoms with van der Waals surface area (Å²) in [7, 11) is 0. The minimum absolute atomic E-state index is 0.660. The summed E-state index contributed by atoms with van der Waals surface area (Å²) in [5.41, 5.74) is 2.66. The fraction of sp³-hybridized carbons (Fsp3) is 0.647. The molecule has 0 atom stereocenters. The highest BCUT2D eigenvalue weighted by Gasteiger charge is 2.02. The Kier molecular flexibility index (Phi) is 9.29. The molecule has 1 rings (SSSR count). The third-order valence-corrected chi connectivity index (χ3v) is 3.08. The molecule has 0 saturated carbocycles. The lowest BCUT2D eigenvalue weighted by Gasteiger charge is -2.12. The van der Waals surface area contributed by atoms with E-state index in [2.05, 4.69) is 43.4 Å². The Labute approximate surface area is 123 Å². The topological polar surface area (TPSA) is 30.5 Å². The number of hydrogen-bond donors (Lipinski definition) is 1. The van der Waals surface area contributed by atoms with E-state index in [0.29, 0.717) is 25.7 Å². The molecule has 114 valence electrons. The van der Waals surface area contributed by atoms with E-state index in [1.165, 1.54) is 11.1 Å². The molecule has 0 aliphatic carbocycles. The van der Waals surface area contributed by atoms with Crippen LogP contribution in [0.2, 0.25) is 0 Å². The Bertz CT molecular complexity index is 353. The highest BCUT2D eigenvalue weighted by molar-refractivity contribution is 5.26. The van der Waals surface area contributed by atoms with Gasteiger partial charge in [0.25, 0.3) is 0 Å². The van der Waals surface area contributed by atoms with Gasteiger partial charge < -0.3 is 14.8 Å². The average Bonchev–Trinajstić information content (AvgIpc) is 2.44. The lowest BCUT2D eigenvalue weighted by atomic mass is 10.1. The molecule has 0 aliphatic rings. The minimum Gasteiger partial charge on any atom is -0.379 e. The summed E-state index contributed by atoms with van der Waals surface area (Å²) in [6, 6.07) is 8.52. The summed E-state index contributed by atoms with van der Waals surface area (Å²) in [5.74, 6) is 0.701. The highest BCUT2D eigenvalue weighted by Crippen LogP contribution is 2.10. The van der Waals surface area contributed by atoms with Gasteiger partial charge in [-0.05, 0) is 43.5 Å². The first-order chi connectivity index (χ1) is 9.74. The largest absolute Gasteiger partial charge is 0.379 e. The van der Waals surface area contributed by atoms with Crippen LogP contribution in [0.15, 0.2) is 24.3 Å². The standard InChI is InChI=1S/C17H29NO2/c1-4-19-11-12-20-14-17-8-6-5-7-16(17)9-10-18-13-15(2)3/h5-8,15,18H,4,9-14H2,1-3H3. The van der Waals surface area contributed by atoms with Gasteiger partial charge in [0.05, 0.1) is 19.8 Å². The van der Waals surface area contributed by atoms with Crippen LogP contribution in [0, 0.1) is 5.92 Å². The number of rotatable bonds is 11. The van der Waals surface area contributed by atoms with Gasteiger partial charge in [0.2, 0.25) is 0 Å². The Hall–Kier alpha value is -0.900. The van der Waals surface area contributed by atoms with Crippen molar-refractivity contribution in [1.82, 2.24) is 5.32 Å². The molecule has 0 aromatic heterocycles. The van der Waals surface area contributed by atoms with Crippen LogP contribution in [0.4, 0.5) is 0 Å². The molecule has 1 N–H and O–H groups in total. The molecule has 0 heterocycles. The van der Waals surface area contributed by atoms with Gasteiger partial charge in [0.15, 0.2) is 0 Å². The van der Waals surface area contributed by atoms with E-state index in [4.69, 9.17) is 9.47 Å². The van der Waals surface area contributed by atoms with E-state index in [1.54, 1.807) is 0 Å². The molecular formula is C17H29NO2. The van der Waals surface area contributed by atoms with Crippen LogP contribution >= 0.6 is 0 Å². The highest BCUT2D eigenvalue weighted by atomic mass is 16.5. The molecule has 0 amide bonds. The summed E-state index contributed by atoms with van der Waals surface area (Å²) < 4.78 is 10.9. The first-order valence-electron chi connectivity index (χ1n) is 7.67. The number of hydrogen-bond acceptors (Lipinski definition) is 3. The molecule has 3 heteroatoms. The lowest BCUT2D eigenvalue weighted by Crippen LogP contribution is -2.22. The van der Waals surface area contributed by atoms with Crippen molar-refractivity contribution in [2.75, 3.05) is 32.9 Å². The van der Waals surface area contributed by atoms with Crippen LogP contribution in [0.3, 0.4) is 0 Å². The predicted molar refractivity (Wildman–Crippen MR) is 84.0 cm³/mol. The van der Waals surface area contributed by atoms with Gasteiger partial charge in [0.1, 0.15) is 0 Å². The van der Waals surface area contributed by atoms with E-state index in [0.717, 1.165) is 26.1 Å². The summed E-state index contributed by atoms with van der Waals surface area (Å²) in [4.78, 5) is 0. The van der Waals surface area contributed by atoms with Gasteiger partial charge in [0, 0.05) is 6.61 Å². The summed E-state index contributed by atoms with van der Waals surface area (Å²) in [6.07, 6.45) is 1.05. The maximum atomic E-state index is 5.66. The van der Waals surface area contributed by atoms with Crippen molar-refractivity contribution in [2.24, 2.45) is 5.92 Å². The van der Waals surface area contributed by atoms with Gasteiger partial charge in [-0.25, -0.2) is 0 Å². The monoisotopic (exact) mass is 279 g/mol. The van der Waals surface area contributed by atoms with E-state index >= 15 is 0 Å². The van der Waals surface area contributed by atoms with Crippen molar-refractivity contribution in [3.05, 3.63) is 35.4 Å². The molecule has 0 unspecified atom stereocenters. The quantitative estimate of drug-likeness (QED) is 0.632. The van der Waals surface area contributed by atoms with E-state index in [9.17, 15) is 0 Å². The van der Waals surface area contributed by atoms with Crippen molar-refractivity contribution in [3.63, 3.8) is 0 Å². The Morgan fingerprint density at radius 1 is 1.05 bits per heavy atom. The van der Waals surface area contributed by atoms with Gasteiger partial charge >= 0.3 is 0 Å². The molecular weight excluding hydrogens is 250 g/mol. The van der Waals surface area contributed by atoms with Crippen molar-refractivity contribution in [2.45, 2.75) is 33.8 Å². The molecule has 20 heavy (non-hydrogen) atoms. The van der Waals surface area contributed by atoms with E-state index < -0.39 is 0 Å². The maximum absolute atomic E-state index is 5.66. The van der Waals surface area contributed by atoms with Crippen molar-refractivity contribution in [1.29, 1.82) is 0 Å². The maximum Gasteiger partial charge on any atom is 0.0720 e. The SMILES string of the molecule is CCOCCOCc1ccccc1CCNCC(C)C. The fourth-order valence-electron chi connectivity index (χ4n) is 2.00. The van der Waals surface area contributed by atoms with Crippen LogP contribution in [0.25, 0.3) is 0 Å². The second-order valence-corrected chi connectivity index (χ2v) is 5.37. The number of ether oxygens (including phenoxy) is 2. The zero-order valence-electron chi connectivity index (χ0n) is 13.2. The summed E-state index contributed by atoms with van der Waals surface area (Å²) >= 11 is 0. The fourth-order valence-corrected chi connectivity index (χ4v) is 2.00. The normalized spacial score (nSPS) is 11.2. The van der Waals surface area contributed by atoms with Crippen LogP contribution in [0.5, 0.6) is 0 Å². The third-order valence-electron chi connectivity index (χ3n) is 3.08. The van der Waals surface area contributed by atoms with Gasteiger partial charge in [-0.1, -0.05) is 38.1 Å². The van der Waals surface area contributed by atoms with Gasteiger partial charge in [-0.15, -0.1) is 0 Å². The third kappa shape index (κ3) is 7.63. The molecule has 0 saturated heterocycles. The van der Waals surface area contributed by atoms with Crippen LogP contribution in [-0.2, 0) is 22.5 Å². The zero-order chi connectivity index (χ0) is 14.6. The minimum atomic E-state index is 0.660. The zero-order valence-corrected chi connectivity index (χ0v) is 13.2. The first-order valence-corrected chi connectivity index (χ1v) is 7.67. The van der Waals surface area contributed by atoms with Crippen molar-refractivity contribution in [3.8, 4) is 0 Å². The molecule has 0 radical (unpaired) electrons. The number of nitrogens with one attached hydrogen (secondary N) is 1. The van der Waals surface area contributed by atoms with Crippen molar-refractivity contribution >= 4 is 0 Å². The summed E-state index contributed by atoms with van der Waals surface area (Å²) in [6.45, 7) is 11.3. The average molecular weight is 279 g/mol. The lowest BCUT2D eigenvalue weighted by molar-refractivity contribution is 0.0450. The Balaban J connectivity index is 2.31. The molecule has 0 fully saturated rings. The van der Waals surface area contributed by atoms with Crippen LogP contribution in [-0.4, -0.2) is 32.9 Å². The van der Waals surface area contributed by atoms with Gasteiger partial charge in [-0.2, -0.15) is 0 Å². The predicted octanol–water partition coefficient (Wildman–Crippen LogP) is 3.03. The number of benzene rings is 1. The van der Waals surface area contributed by atoms with Crippen LogP contribution in [0.1, 0.15) is 31.9 Å². The first kappa shape index (κ1) is 17.2.